The van der Waals surface area contributed by atoms with Crippen LogP contribution >= 0.6 is 93.1 Å². The number of halogens is 5. The summed E-state index contributed by atoms with van der Waals surface area (Å²) < 4.78 is 57.5. The number of fused-ring (bicyclic) bond motifs is 4. The average Bonchev–Trinajstić information content (AvgIpc) is 4.08. The number of nitrogens with one attached hydrogen (secondary N) is 5. The first kappa shape index (κ1) is 57.5. The van der Waals surface area contributed by atoms with Crippen molar-refractivity contribution in [2.45, 2.75) is 32.7 Å². The quantitative estimate of drug-likeness (QED) is 0.0667. The van der Waals surface area contributed by atoms with Crippen LogP contribution in [0.3, 0.4) is 0 Å². The number of aromatic amines is 1. The Balaban J connectivity index is 0.000000197. The van der Waals surface area contributed by atoms with Crippen LogP contribution in [0.15, 0.2) is 146 Å². The monoisotopic (exact) mass is 1330 g/mol. The number of carbonyl (C=O) groups is 4. The topological polar surface area (TPSA) is 291 Å². The molecule has 4 aromatic carbocycles. The molecule has 5 N–H and O–H groups in total. The van der Waals surface area contributed by atoms with Crippen molar-refractivity contribution in [3.05, 3.63) is 165 Å². The van der Waals surface area contributed by atoms with Crippen LogP contribution in [0.2, 0.25) is 0 Å². The van der Waals surface area contributed by atoms with Crippen molar-refractivity contribution in [3.8, 4) is 27.2 Å². The predicted octanol–water partition coefficient (Wildman–Crippen LogP) is 8.74. The van der Waals surface area contributed by atoms with Crippen molar-refractivity contribution in [2.75, 3.05) is 23.1 Å². The predicted molar refractivity (Wildman–Crippen MR) is 300 cm³/mol. The number of hydrogen-bond donors (Lipinski definition) is 5. The molecule has 0 radical (unpaired) electrons. The largest absolute Gasteiger partial charge is 0.467 e. The number of H-pyrrole nitrogens is 1. The van der Waals surface area contributed by atoms with Gasteiger partial charge in [0.25, 0.3) is 23.6 Å². The third-order valence-electron chi connectivity index (χ3n) is 10.3. The maximum absolute atomic E-state index is 13.1. The minimum absolute atomic E-state index is 0.0412. The summed E-state index contributed by atoms with van der Waals surface area (Å²) in [6, 6.07) is 20.4. The SMILES string of the molecule is BrB(Br)Br.COc1ncc(-c2ncc(CNC(=O)c3ccc4c(c3)NC(=O)c3ccccc3S4(=O)=O)s2)cn1.ClCCl.O=C(NCc1cnc(-c2cnc(=O)[nH]c2)s1)c1ccc2c(c1)NC(=O)c1ccccc1S2(=O)=O. The van der Waals surface area contributed by atoms with Crippen LogP contribution in [0, 0.1) is 0 Å². The maximum Gasteiger partial charge on any atom is 0.369 e. The summed E-state index contributed by atoms with van der Waals surface area (Å²) in [7, 11) is -6.40. The lowest BCUT2D eigenvalue weighted by Gasteiger charge is -2.10. The number of hydrogen-bond acceptors (Lipinski definition) is 17. The zero-order valence-corrected chi connectivity index (χ0v) is 48.1. The molecule has 0 fully saturated rings. The Labute approximate surface area is 475 Å². The van der Waals surface area contributed by atoms with Crippen LogP contribution in [0.4, 0.5) is 11.4 Å². The molecule has 8 aromatic rings. The van der Waals surface area contributed by atoms with Gasteiger partial charge < -0.3 is 31.0 Å². The summed E-state index contributed by atoms with van der Waals surface area (Å²) in [5, 5.41) is 12.3. The number of rotatable bonds is 9. The van der Waals surface area contributed by atoms with Crippen LogP contribution in [0.5, 0.6) is 6.01 Å². The Morgan fingerprint density at radius 1 is 0.618 bits per heavy atom. The van der Waals surface area contributed by atoms with E-state index in [-0.39, 0.29) is 80.8 Å². The number of aromatic nitrogens is 6. The van der Waals surface area contributed by atoms with Crippen LogP contribution in [-0.2, 0) is 32.8 Å². The summed E-state index contributed by atoms with van der Waals surface area (Å²) in [6.07, 6.45) is 9.37. The number of anilines is 2. The van der Waals surface area contributed by atoms with Gasteiger partial charge in [-0.05, 0) is 60.7 Å². The molecule has 2 aliphatic rings. The maximum atomic E-state index is 13.1. The normalized spacial score (nSPS) is 13.1. The number of alkyl halides is 2. The Hall–Kier alpha value is -6.24. The second-order valence-electron chi connectivity index (χ2n) is 15.1. The highest BCUT2D eigenvalue weighted by atomic mass is 79.9. The zero-order chi connectivity index (χ0) is 54.7. The standard InChI is InChI=1S/C23H17N5O5S2.C22H15N5O5S2.CH2Cl2.BBr3/c1-33-23-26-9-14(10-27-23)22-25-12-15(34-22)11-24-20(29)13-6-7-19-17(8-13)28-21(30)16-4-2-3-5-18(16)35(19,31)32;28-19(23-10-14-11-24-21(33-14)13-8-25-22(30)26-9-13)12-5-6-18-16(7-12)27-20(29)15-3-1-2-4-17(15)34(18,31)32;2-1-3;2-1(3)4/h2-10,12H,11H2,1H3,(H,24,29)(H,28,30);1-9,11H,10H2,(H,23,28)(H,27,29)(H,25,26,30);1H2;. The van der Waals surface area contributed by atoms with Gasteiger partial charge in [-0.25, -0.2) is 46.6 Å². The molecule has 10 rings (SSSR count). The van der Waals surface area contributed by atoms with Gasteiger partial charge in [-0.3, -0.25) is 19.2 Å². The van der Waals surface area contributed by atoms with E-state index in [1.54, 1.807) is 49.1 Å². The Morgan fingerprint density at radius 3 is 1.46 bits per heavy atom. The number of ether oxygens (including phenoxy) is 1. The van der Waals surface area contributed by atoms with Crippen molar-refractivity contribution in [2.24, 2.45) is 0 Å². The first-order valence-electron chi connectivity index (χ1n) is 21.3. The van der Waals surface area contributed by atoms with E-state index in [4.69, 9.17) is 27.9 Å². The van der Waals surface area contributed by atoms with E-state index in [2.05, 4.69) is 98.4 Å². The molecule has 0 atom stereocenters. The van der Waals surface area contributed by atoms with Gasteiger partial charge in [0.1, 0.15) is 10.0 Å². The van der Waals surface area contributed by atoms with Gasteiger partial charge >= 0.3 is 14.9 Å². The number of amides is 4. The second kappa shape index (κ2) is 25.7. The van der Waals surface area contributed by atoms with Crippen molar-refractivity contribution < 1.29 is 40.8 Å². The fourth-order valence-corrected chi connectivity index (χ4v) is 11.8. The minimum Gasteiger partial charge on any atom is -0.467 e. The number of benzene rings is 4. The van der Waals surface area contributed by atoms with Gasteiger partial charge in [-0.15, -0.1) is 93.1 Å². The van der Waals surface area contributed by atoms with Gasteiger partial charge in [-0.2, -0.15) is 0 Å². The lowest BCUT2D eigenvalue weighted by Crippen LogP contribution is -2.22. The van der Waals surface area contributed by atoms with Crippen molar-refractivity contribution in [1.29, 1.82) is 0 Å². The number of methoxy groups -OCH3 is 1. The third kappa shape index (κ3) is 13.8. The summed E-state index contributed by atoms with van der Waals surface area (Å²) >= 11 is 21.5. The van der Waals surface area contributed by atoms with E-state index in [1.807, 2.05) is 0 Å². The van der Waals surface area contributed by atoms with Crippen molar-refractivity contribution in [3.63, 3.8) is 0 Å². The molecule has 30 heteroatoms. The lowest BCUT2D eigenvalue weighted by molar-refractivity contribution is 0.0943. The van der Waals surface area contributed by atoms with E-state index in [0.717, 1.165) is 15.3 Å². The average molecular weight is 1340 g/mol. The molecule has 0 bridgehead atoms. The summed E-state index contributed by atoms with van der Waals surface area (Å²) in [6.45, 7) is 0.390. The van der Waals surface area contributed by atoms with Crippen LogP contribution < -0.4 is 31.7 Å². The Bertz CT molecular complexity index is 3760. The smallest absolute Gasteiger partial charge is 0.369 e. The molecule has 390 valence electrons. The molecule has 20 nitrogen and oxygen atoms in total. The first-order valence-corrected chi connectivity index (χ1v) is 29.8. The molecule has 0 saturated carbocycles. The number of sulfone groups is 2. The summed E-state index contributed by atoms with van der Waals surface area (Å²) in [5.74, 6) is -1.99. The second-order valence-corrected chi connectivity index (χ2v) is 28.3. The molecule has 0 aliphatic carbocycles. The molecular weight excluding hydrogens is 1300 g/mol. The Kier molecular flexibility index (Phi) is 19.5. The fourth-order valence-electron chi connectivity index (χ4n) is 6.98. The van der Waals surface area contributed by atoms with E-state index < -0.39 is 49.0 Å². The molecule has 0 unspecified atom stereocenters. The van der Waals surface area contributed by atoms with E-state index >= 15 is 0 Å². The van der Waals surface area contributed by atoms with Crippen LogP contribution in [0.25, 0.3) is 21.1 Å². The van der Waals surface area contributed by atoms with Crippen molar-refractivity contribution >= 4 is 151 Å². The number of thiazole rings is 2. The molecule has 0 spiro atoms. The minimum atomic E-state index is -3.94. The molecule has 4 amide bonds. The van der Waals surface area contributed by atoms with Gasteiger partial charge in [0.05, 0.1) is 67.6 Å². The highest BCUT2D eigenvalue weighted by Gasteiger charge is 2.33. The molecule has 2 aliphatic heterocycles. The molecular formula is C46H34BBr3Cl2N10O10S4. The highest BCUT2D eigenvalue weighted by Crippen LogP contribution is 2.36. The Morgan fingerprint density at radius 2 is 1.04 bits per heavy atom. The molecule has 76 heavy (non-hydrogen) atoms. The van der Waals surface area contributed by atoms with Gasteiger partial charge in [0, 0.05) is 69.2 Å². The van der Waals surface area contributed by atoms with Gasteiger partial charge in [0.2, 0.25) is 19.7 Å². The van der Waals surface area contributed by atoms with Crippen molar-refractivity contribution in [1.82, 2.24) is 40.5 Å². The molecule has 0 saturated heterocycles. The lowest BCUT2D eigenvalue weighted by atomic mass is 10.1. The highest BCUT2D eigenvalue weighted by molar-refractivity contribution is 9.69. The van der Waals surface area contributed by atoms with Gasteiger partial charge in [-0.1, -0.05) is 24.3 Å². The van der Waals surface area contributed by atoms with Crippen LogP contribution in [-0.4, -0.2) is 86.0 Å². The third-order valence-corrected chi connectivity index (χ3v) is 16.2. The molecule has 4 aromatic heterocycles. The van der Waals surface area contributed by atoms with E-state index in [0.29, 0.717) is 15.6 Å². The fraction of sp³-hybridized carbons (Fsp3) is 0.0870. The molecule has 6 heterocycles. The summed E-state index contributed by atoms with van der Waals surface area (Å²) in [5.41, 5.74) is 1.50. The zero-order valence-electron chi connectivity index (χ0n) is 38.6. The summed E-state index contributed by atoms with van der Waals surface area (Å²) in [4.78, 5) is 85.9. The first-order chi connectivity index (χ1) is 36.3. The van der Waals surface area contributed by atoms with Crippen LogP contribution in [0.1, 0.15) is 51.2 Å². The number of carbonyl (C=O) groups excluding carboxylic acids is 4. The van der Waals surface area contributed by atoms with E-state index in [9.17, 15) is 40.8 Å². The number of nitrogens with zero attached hydrogens (tertiary/aromatic N) is 5. The van der Waals surface area contributed by atoms with E-state index in [1.165, 1.54) is 103 Å². The van der Waals surface area contributed by atoms with Gasteiger partial charge in [0.15, 0.2) is 0 Å².